The normalized spacial score (nSPS) is 26.1. The molecule has 1 saturated carbocycles. The van der Waals surface area contributed by atoms with E-state index in [1.165, 1.54) is 0 Å². The van der Waals surface area contributed by atoms with Crippen LogP contribution in [0.4, 0.5) is 13.6 Å². The smallest absolute Gasteiger partial charge is 0.407 e. The zero-order chi connectivity index (χ0) is 25.0. The Hall–Kier alpha value is -3.53. The van der Waals surface area contributed by atoms with Gasteiger partial charge in [-0.25, -0.2) is 18.4 Å². The largest absolute Gasteiger partial charge is 0.479 e. The summed E-state index contributed by atoms with van der Waals surface area (Å²) in [6.45, 7) is -1.09. The highest BCUT2D eigenvalue weighted by atomic mass is 19.3. The topological polar surface area (TPSA) is 116 Å². The van der Waals surface area contributed by atoms with Crippen LogP contribution in [0.5, 0.6) is 0 Å². The van der Waals surface area contributed by atoms with Crippen LogP contribution in [0.1, 0.15) is 23.5 Å². The van der Waals surface area contributed by atoms with Gasteiger partial charge in [-0.2, -0.15) is 0 Å². The minimum Gasteiger partial charge on any atom is -0.479 e. The molecule has 0 bridgehead atoms. The number of ether oxygens (including phenoxy) is 1. The number of carboxylic acids is 1. The molecule has 2 amide bonds. The molecule has 8 nitrogen and oxygen atoms in total. The van der Waals surface area contributed by atoms with Crippen LogP contribution in [-0.4, -0.2) is 70.8 Å². The number of aliphatic hydroxyl groups is 1. The highest BCUT2D eigenvalue weighted by Crippen LogP contribution is 2.56. The molecule has 10 heteroatoms. The van der Waals surface area contributed by atoms with Gasteiger partial charge in [0.25, 0.3) is 5.92 Å². The predicted molar refractivity (Wildman–Crippen MR) is 119 cm³/mol. The van der Waals surface area contributed by atoms with Crippen molar-refractivity contribution < 1.29 is 38.1 Å². The fraction of sp³-hybridized carbons (Fsp3) is 0.400. The minimum absolute atomic E-state index is 0.0326. The number of rotatable bonds is 6. The number of carbonyl (C=O) groups is 3. The van der Waals surface area contributed by atoms with E-state index in [-0.39, 0.29) is 25.5 Å². The van der Waals surface area contributed by atoms with Crippen molar-refractivity contribution in [2.45, 2.75) is 23.9 Å². The van der Waals surface area contributed by atoms with Gasteiger partial charge in [-0.05, 0) is 22.3 Å². The average Bonchev–Trinajstić information content (AvgIpc) is 3.12. The van der Waals surface area contributed by atoms with Gasteiger partial charge in [0.1, 0.15) is 12.5 Å². The Labute approximate surface area is 199 Å². The molecular weight excluding hydrogens is 462 g/mol. The molecule has 3 atom stereocenters. The first-order chi connectivity index (χ1) is 16.6. The summed E-state index contributed by atoms with van der Waals surface area (Å²) in [5, 5.41) is 21.4. The van der Waals surface area contributed by atoms with Crippen LogP contribution in [-0.2, 0) is 14.3 Å². The maximum absolute atomic E-state index is 14.3. The highest BCUT2D eigenvalue weighted by molar-refractivity contribution is 5.86. The number of carboxylic acid groups (broad SMARTS) is 1. The number of amides is 2. The number of β-amino-alcohol motifs (C(OH)–C–C–N with tert-alkyl or cyclic N) is 1. The summed E-state index contributed by atoms with van der Waals surface area (Å²) >= 11 is 0. The predicted octanol–water partition coefficient (Wildman–Crippen LogP) is 2.45. The van der Waals surface area contributed by atoms with Gasteiger partial charge in [-0.3, -0.25) is 4.79 Å². The molecule has 1 aliphatic heterocycles. The lowest BCUT2D eigenvalue weighted by molar-refractivity contribution is -0.157. The third-order valence-electron chi connectivity index (χ3n) is 7.24. The third kappa shape index (κ3) is 3.91. The Balaban J connectivity index is 1.16. The van der Waals surface area contributed by atoms with Crippen molar-refractivity contribution in [2.24, 2.45) is 11.8 Å². The Morgan fingerprint density at radius 3 is 2.23 bits per heavy atom. The number of hydrogen-bond donors (Lipinski definition) is 3. The molecule has 0 spiro atoms. The molecule has 2 aromatic rings. The van der Waals surface area contributed by atoms with Gasteiger partial charge in [0.05, 0.1) is 12.5 Å². The fourth-order valence-corrected chi connectivity index (χ4v) is 5.18. The molecule has 1 unspecified atom stereocenters. The summed E-state index contributed by atoms with van der Waals surface area (Å²) in [6, 6.07) is 15.6. The van der Waals surface area contributed by atoms with E-state index in [1.54, 1.807) is 0 Å². The number of carbonyl (C=O) groups excluding carboxylic acids is 2. The van der Waals surface area contributed by atoms with Crippen molar-refractivity contribution in [1.82, 2.24) is 10.2 Å². The number of fused-ring (bicyclic) bond motifs is 3. The van der Waals surface area contributed by atoms with Gasteiger partial charge in [0.2, 0.25) is 5.91 Å². The van der Waals surface area contributed by atoms with E-state index in [4.69, 9.17) is 9.84 Å². The first-order valence-electron chi connectivity index (χ1n) is 11.3. The molecule has 3 aliphatic rings. The Kier molecular flexibility index (Phi) is 5.51. The SMILES string of the molecule is O=C(NC[C@H]1[C@@H](C(=O)N2CCC(O)(C(=O)O)C2)C1(F)F)OCC1c2ccccc2-c2ccccc21. The molecule has 0 radical (unpaired) electrons. The summed E-state index contributed by atoms with van der Waals surface area (Å²) in [5.41, 5.74) is 2.04. The number of nitrogens with zero attached hydrogens (tertiary/aromatic N) is 1. The fourth-order valence-electron chi connectivity index (χ4n) is 5.18. The molecular formula is C25H24F2N2O6. The zero-order valence-electron chi connectivity index (χ0n) is 18.6. The van der Waals surface area contributed by atoms with E-state index < -0.39 is 54.4 Å². The first kappa shape index (κ1) is 23.2. The Bertz CT molecular complexity index is 1160. The van der Waals surface area contributed by atoms with Crippen LogP contribution in [0.3, 0.4) is 0 Å². The molecule has 184 valence electrons. The van der Waals surface area contributed by atoms with E-state index >= 15 is 0 Å². The number of likely N-dealkylation sites (tertiary alicyclic amines) is 1. The van der Waals surface area contributed by atoms with Crippen LogP contribution >= 0.6 is 0 Å². The van der Waals surface area contributed by atoms with Gasteiger partial charge >= 0.3 is 12.1 Å². The first-order valence-corrected chi connectivity index (χ1v) is 11.3. The van der Waals surface area contributed by atoms with Crippen molar-refractivity contribution in [1.29, 1.82) is 0 Å². The third-order valence-corrected chi connectivity index (χ3v) is 7.24. The van der Waals surface area contributed by atoms with Gasteiger partial charge < -0.3 is 25.2 Å². The molecule has 2 aromatic carbocycles. The Morgan fingerprint density at radius 2 is 1.66 bits per heavy atom. The highest BCUT2D eigenvalue weighted by Gasteiger charge is 2.72. The van der Waals surface area contributed by atoms with E-state index in [1.807, 2.05) is 48.5 Å². The zero-order valence-corrected chi connectivity index (χ0v) is 18.6. The van der Waals surface area contributed by atoms with Gasteiger partial charge in [0, 0.05) is 25.4 Å². The lowest BCUT2D eigenvalue weighted by atomic mass is 9.98. The molecule has 2 aliphatic carbocycles. The summed E-state index contributed by atoms with van der Waals surface area (Å²) in [5.74, 6) is -9.03. The minimum atomic E-state index is -3.34. The molecule has 1 heterocycles. The van der Waals surface area contributed by atoms with E-state index in [9.17, 15) is 28.3 Å². The van der Waals surface area contributed by atoms with Crippen molar-refractivity contribution in [3.05, 3.63) is 59.7 Å². The van der Waals surface area contributed by atoms with Crippen LogP contribution in [0.25, 0.3) is 11.1 Å². The maximum Gasteiger partial charge on any atom is 0.407 e. The number of halogens is 2. The number of benzene rings is 2. The molecule has 35 heavy (non-hydrogen) atoms. The summed E-state index contributed by atoms with van der Waals surface area (Å²) in [4.78, 5) is 36.9. The van der Waals surface area contributed by atoms with E-state index in [0.29, 0.717) is 0 Å². The monoisotopic (exact) mass is 486 g/mol. The number of hydrogen-bond acceptors (Lipinski definition) is 5. The van der Waals surface area contributed by atoms with Crippen LogP contribution < -0.4 is 5.32 Å². The van der Waals surface area contributed by atoms with Crippen molar-refractivity contribution in [2.75, 3.05) is 26.2 Å². The molecule has 0 aromatic heterocycles. The van der Waals surface area contributed by atoms with Crippen LogP contribution in [0.15, 0.2) is 48.5 Å². The van der Waals surface area contributed by atoms with Gasteiger partial charge in [-0.1, -0.05) is 48.5 Å². The van der Waals surface area contributed by atoms with E-state index in [0.717, 1.165) is 27.2 Å². The standard InChI is InChI=1S/C25H24F2N2O6/c26-25(27)19(20(25)21(30)29-10-9-24(34,13-29)22(31)32)11-28-23(33)35-12-18-16-7-3-1-5-14(16)15-6-2-4-8-17(15)18/h1-8,18-20,34H,9-13H2,(H,28,33)(H,31,32)/t19-,20-,24?/m0/s1. The number of alkyl carbamates (subject to hydrolysis) is 1. The van der Waals surface area contributed by atoms with Crippen LogP contribution in [0.2, 0.25) is 0 Å². The molecule has 2 fully saturated rings. The maximum atomic E-state index is 14.3. The summed E-state index contributed by atoms with van der Waals surface area (Å²) in [6.07, 6.45) is -1.09. The molecule has 1 saturated heterocycles. The van der Waals surface area contributed by atoms with Crippen molar-refractivity contribution >= 4 is 18.0 Å². The number of alkyl halides is 2. The summed E-state index contributed by atoms with van der Waals surface area (Å²) < 4.78 is 34.0. The van der Waals surface area contributed by atoms with E-state index in [2.05, 4.69) is 5.32 Å². The number of nitrogens with one attached hydrogen (secondary N) is 1. The van der Waals surface area contributed by atoms with Crippen LogP contribution in [0, 0.1) is 11.8 Å². The Morgan fingerprint density at radius 1 is 1.06 bits per heavy atom. The molecule has 3 N–H and O–H groups in total. The second-order valence-corrected chi connectivity index (χ2v) is 9.31. The van der Waals surface area contributed by atoms with Gasteiger partial charge in [0.15, 0.2) is 5.60 Å². The van der Waals surface area contributed by atoms with Crippen molar-refractivity contribution in [3.8, 4) is 11.1 Å². The number of aliphatic carboxylic acids is 1. The van der Waals surface area contributed by atoms with Gasteiger partial charge in [-0.15, -0.1) is 0 Å². The molecule has 5 rings (SSSR count). The summed E-state index contributed by atoms with van der Waals surface area (Å²) in [7, 11) is 0. The second-order valence-electron chi connectivity index (χ2n) is 9.31. The average molecular weight is 486 g/mol. The second kappa shape index (κ2) is 8.30. The lowest BCUT2D eigenvalue weighted by Crippen LogP contribution is -2.43. The van der Waals surface area contributed by atoms with Crippen molar-refractivity contribution in [3.63, 3.8) is 0 Å². The lowest BCUT2D eigenvalue weighted by Gasteiger charge is -2.19. The quantitative estimate of drug-likeness (QED) is 0.578.